The van der Waals surface area contributed by atoms with E-state index in [1.165, 1.54) is 25.7 Å². The Morgan fingerprint density at radius 3 is 2.80 bits per heavy atom. The average molecular weight is 208 g/mol. The maximum Gasteiger partial charge on any atom is 0.0252 e. The van der Waals surface area contributed by atoms with Gasteiger partial charge in [0.15, 0.2) is 0 Å². The molecule has 1 rings (SSSR count). The van der Waals surface area contributed by atoms with Crippen molar-refractivity contribution in [1.82, 2.24) is 5.43 Å². The Hall–Kier alpha value is -0.520. The minimum absolute atomic E-state index is 0.386. The Morgan fingerprint density at radius 2 is 2.27 bits per heavy atom. The summed E-state index contributed by atoms with van der Waals surface area (Å²) in [6, 6.07) is 0.386. The Balaban J connectivity index is 2.60. The summed E-state index contributed by atoms with van der Waals surface area (Å²) in [5, 5.41) is 0. The molecule has 2 unspecified atom stereocenters. The third-order valence-corrected chi connectivity index (χ3v) is 3.89. The van der Waals surface area contributed by atoms with Crippen LogP contribution in [-0.2, 0) is 0 Å². The monoisotopic (exact) mass is 208 g/mol. The maximum atomic E-state index is 5.65. The standard InChI is InChI=1S/C13H24N2/c1-4-5-9-12(15-14)11-8-6-7-10-13(11,2)3/h1,11-12,15H,5-10,14H2,2-3H3. The highest BCUT2D eigenvalue weighted by Gasteiger charge is 2.36. The molecule has 86 valence electrons. The first kappa shape index (κ1) is 12.5. The fraction of sp³-hybridized carbons (Fsp3) is 0.846. The molecule has 0 heterocycles. The number of terminal acetylenes is 1. The molecule has 0 saturated heterocycles. The second-order valence-corrected chi connectivity index (χ2v) is 5.36. The summed E-state index contributed by atoms with van der Waals surface area (Å²) >= 11 is 0. The first-order valence-electron chi connectivity index (χ1n) is 6.01. The lowest BCUT2D eigenvalue weighted by Crippen LogP contribution is -2.47. The third-order valence-electron chi connectivity index (χ3n) is 3.89. The van der Waals surface area contributed by atoms with Gasteiger partial charge in [-0.15, -0.1) is 12.3 Å². The Labute approximate surface area is 94.0 Å². The molecule has 0 radical (unpaired) electrons. The molecule has 0 aromatic heterocycles. The van der Waals surface area contributed by atoms with E-state index in [-0.39, 0.29) is 0 Å². The number of hydrazine groups is 1. The van der Waals surface area contributed by atoms with Gasteiger partial charge >= 0.3 is 0 Å². The molecular weight excluding hydrogens is 184 g/mol. The van der Waals surface area contributed by atoms with Gasteiger partial charge in [0.25, 0.3) is 0 Å². The predicted octanol–water partition coefficient (Wildman–Crippen LogP) is 2.45. The van der Waals surface area contributed by atoms with Crippen molar-refractivity contribution in [2.75, 3.05) is 0 Å². The number of nitrogens with one attached hydrogen (secondary N) is 1. The minimum Gasteiger partial charge on any atom is -0.271 e. The van der Waals surface area contributed by atoms with Crippen molar-refractivity contribution in [2.24, 2.45) is 17.2 Å². The van der Waals surface area contributed by atoms with Crippen LogP contribution in [0.25, 0.3) is 0 Å². The van der Waals surface area contributed by atoms with Crippen LogP contribution in [0, 0.1) is 23.7 Å². The summed E-state index contributed by atoms with van der Waals surface area (Å²) in [4.78, 5) is 0. The highest BCUT2D eigenvalue weighted by Crippen LogP contribution is 2.42. The molecule has 0 aliphatic heterocycles. The van der Waals surface area contributed by atoms with E-state index in [2.05, 4.69) is 25.2 Å². The molecule has 1 aliphatic rings. The minimum atomic E-state index is 0.386. The van der Waals surface area contributed by atoms with E-state index in [9.17, 15) is 0 Å². The molecule has 2 nitrogen and oxygen atoms in total. The van der Waals surface area contributed by atoms with Gasteiger partial charge in [0, 0.05) is 12.5 Å². The van der Waals surface area contributed by atoms with Crippen LogP contribution in [0.2, 0.25) is 0 Å². The van der Waals surface area contributed by atoms with E-state index >= 15 is 0 Å². The van der Waals surface area contributed by atoms with Gasteiger partial charge in [-0.1, -0.05) is 26.7 Å². The number of nitrogens with two attached hydrogens (primary N) is 1. The van der Waals surface area contributed by atoms with Crippen molar-refractivity contribution in [2.45, 2.75) is 58.4 Å². The zero-order valence-electron chi connectivity index (χ0n) is 10.1. The molecule has 2 atom stereocenters. The van der Waals surface area contributed by atoms with Gasteiger partial charge in [-0.3, -0.25) is 11.3 Å². The highest BCUT2D eigenvalue weighted by molar-refractivity contribution is 4.92. The Bertz CT molecular complexity index is 227. The largest absolute Gasteiger partial charge is 0.271 e. The summed E-state index contributed by atoms with van der Waals surface area (Å²) in [6.07, 6.45) is 12.4. The molecule has 1 aliphatic carbocycles. The molecule has 1 saturated carbocycles. The summed E-state index contributed by atoms with van der Waals surface area (Å²) in [5.74, 6) is 9.02. The highest BCUT2D eigenvalue weighted by atomic mass is 15.2. The molecule has 15 heavy (non-hydrogen) atoms. The van der Waals surface area contributed by atoms with Crippen molar-refractivity contribution in [1.29, 1.82) is 0 Å². The van der Waals surface area contributed by atoms with Crippen LogP contribution < -0.4 is 11.3 Å². The Kier molecular flexibility index (Phi) is 4.63. The van der Waals surface area contributed by atoms with Crippen molar-refractivity contribution >= 4 is 0 Å². The van der Waals surface area contributed by atoms with Gasteiger partial charge in [-0.2, -0.15) is 0 Å². The third kappa shape index (κ3) is 3.22. The van der Waals surface area contributed by atoms with Crippen molar-refractivity contribution < 1.29 is 0 Å². The fourth-order valence-corrected chi connectivity index (χ4v) is 2.91. The SMILES string of the molecule is C#CCCC(NN)C1CCCCC1(C)C. The van der Waals surface area contributed by atoms with Gasteiger partial charge in [-0.05, 0) is 30.6 Å². The zero-order valence-corrected chi connectivity index (χ0v) is 10.1. The smallest absolute Gasteiger partial charge is 0.0252 e. The number of hydrogen-bond donors (Lipinski definition) is 2. The van der Waals surface area contributed by atoms with E-state index in [1.807, 2.05) is 0 Å². The van der Waals surface area contributed by atoms with Gasteiger partial charge in [0.05, 0.1) is 0 Å². The number of rotatable bonds is 4. The summed E-state index contributed by atoms with van der Waals surface area (Å²) in [6.45, 7) is 4.72. The van der Waals surface area contributed by atoms with E-state index in [0.29, 0.717) is 17.4 Å². The van der Waals surface area contributed by atoms with Crippen molar-refractivity contribution in [3.05, 3.63) is 0 Å². The van der Waals surface area contributed by atoms with Crippen LogP contribution in [0.15, 0.2) is 0 Å². The van der Waals surface area contributed by atoms with Gasteiger partial charge in [0.2, 0.25) is 0 Å². The molecule has 2 heteroatoms. The molecular formula is C13H24N2. The van der Waals surface area contributed by atoms with Gasteiger partial charge in [0.1, 0.15) is 0 Å². The lowest BCUT2D eigenvalue weighted by molar-refractivity contribution is 0.0953. The Morgan fingerprint density at radius 1 is 1.53 bits per heavy atom. The lowest BCUT2D eigenvalue weighted by Gasteiger charge is -2.43. The van der Waals surface area contributed by atoms with E-state index in [0.717, 1.165) is 12.8 Å². The summed E-state index contributed by atoms with van der Waals surface area (Å²) < 4.78 is 0. The molecule has 0 amide bonds. The molecule has 1 fully saturated rings. The summed E-state index contributed by atoms with van der Waals surface area (Å²) in [5.41, 5.74) is 3.37. The molecule has 0 aromatic rings. The zero-order chi connectivity index (χ0) is 11.3. The van der Waals surface area contributed by atoms with Crippen LogP contribution in [0.1, 0.15) is 52.4 Å². The molecule has 0 aromatic carbocycles. The van der Waals surface area contributed by atoms with Crippen molar-refractivity contribution in [3.63, 3.8) is 0 Å². The van der Waals surface area contributed by atoms with E-state index in [4.69, 9.17) is 12.3 Å². The lowest BCUT2D eigenvalue weighted by atomic mass is 9.65. The first-order chi connectivity index (χ1) is 7.11. The van der Waals surface area contributed by atoms with Crippen LogP contribution in [0.4, 0.5) is 0 Å². The quantitative estimate of drug-likeness (QED) is 0.423. The van der Waals surface area contributed by atoms with Crippen LogP contribution in [0.5, 0.6) is 0 Å². The van der Waals surface area contributed by atoms with Crippen LogP contribution in [-0.4, -0.2) is 6.04 Å². The second kappa shape index (κ2) is 5.53. The topological polar surface area (TPSA) is 38.0 Å². The fourth-order valence-electron chi connectivity index (χ4n) is 2.91. The normalized spacial score (nSPS) is 26.9. The van der Waals surface area contributed by atoms with Gasteiger partial charge < -0.3 is 0 Å². The molecule has 3 N–H and O–H groups in total. The number of hydrogen-bond acceptors (Lipinski definition) is 2. The van der Waals surface area contributed by atoms with Crippen LogP contribution >= 0.6 is 0 Å². The maximum absolute atomic E-state index is 5.65. The average Bonchev–Trinajstić information content (AvgIpc) is 2.20. The van der Waals surface area contributed by atoms with Crippen LogP contribution in [0.3, 0.4) is 0 Å². The summed E-state index contributed by atoms with van der Waals surface area (Å²) in [7, 11) is 0. The van der Waals surface area contributed by atoms with E-state index < -0.39 is 0 Å². The predicted molar refractivity (Wildman–Crippen MR) is 64.9 cm³/mol. The molecule has 0 bridgehead atoms. The second-order valence-electron chi connectivity index (χ2n) is 5.36. The van der Waals surface area contributed by atoms with Crippen molar-refractivity contribution in [3.8, 4) is 12.3 Å². The van der Waals surface area contributed by atoms with E-state index in [1.54, 1.807) is 0 Å². The van der Waals surface area contributed by atoms with Gasteiger partial charge in [-0.25, -0.2) is 0 Å². The molecule has 0 spiro atoms. The first-order valence-corrected chi connectivity index (χ1v) is 6.01.